The summed E-state index contributed by atoms with van der Waals surface area (Å²) in [7, 11) is 0. The van der Waals surface area contributed by atoms with Crippen LogP contribution in [0, 0.1) is 5.92 Å². The summed E-state index contributed by atoms with van der Waals surface area (Å²) in [5.41, 5.74) is -0.413. The number of H-pyrrole nitrogens is 1. The third-order valence-electron chi connectivity index (χ3n) is 3.47. The minimum Gasteiger partial charge on any atom is -0.464 e. The van der Waals surface area contributed by atoms with E-state index in [-0.39, 0.29) is 34.7 Å². The Morgan fingerprint density at radius 1 is 1.54 bits per heavy atom. The van der Waals surface area contributed by atoms with E-state index in [1.165, 1.54) is 17.0 Å². The highest BCUT2D eigenvalue weighted by Crippen LogP contribution is 2.27. The number of aliphatic hydroxyl groups excluding tert-OH is 1. The number of aliphatic hydroxyl groups is 1. The summed E-state index contributed by atoms with van der Waals surface area (Å²) in [6.07, 6.45) is 0.918. The molecule has 10 nitrogen and oxygen atoms in total. The number of nitrogens with zero attached hydrogens (tertiary/aromatic N) is 3. The summed E-state index contributed by atoms with van der Waals surface area (Å²) < 4.78 is 6.63. The first-order valence-electron chi connectivity index (χ1n) is 7.20. The molecule has 0 unspecified atom stereocenters. The normalized spacial score (nSPS) is 20.1. The van der Waals surface area contributed by atoms with Gasteiger partial charge in [-0.1, -0.05) is 13.8 Å². The smallest absolute Gasteiger partial charge is 0.280 e. The number of aldehydes is 1. The van der Waals surface area contributed by atoms with Crippen LogP contribution >= 0.6 is 0 Å². The Bertz CT molecular complexity index is 897. The van der Waals surface area contributed by atoms with Gasteiger partial charge in [0.05, 0.1) is 0 Å². The third kappa shape index (κ3) is 2.67. The molecule has 24 heavy (non-hydrogen) atoms. The van der Waals surface area contributed by atoms with Crippen molar-refractivity contribution in [1.82, 2.24) is 19.5 Å². The predicted molar refractivity (Wildman–Crippen MR) is 81.9 cm³/mol. The molecule has 2 aromatic heterocycles. The van der Waals surface area contributed by atoms with E-state index in [4.69, 9.17) is 4.74 Å². The van der Waals surface area contributed by atoms with Gasteiger partial charge in [0.2, 0.25) is 18.1 Å². The van der Waals surface area contributed by atoms with E-state index in [9.17, 15) is 19.5 Å². The number of carbonyl (C=O) groups is 2. The van der Waals surface area contributed by atoms with Crippen molar-refractivity contribution in [3.63, 3.8) is 0 Å². The lowest BCUT2D eigenvalue weighted by Crippen LogP contribution is -2.23. The van der Waals surface area contributed by atoms with Crippen LogP contribution in [0.1, 0.15) is 20.1 Å². The highest BCUT2D eigenvalue weighted by Gasteiger charge is 2.31. The lowest BCUT2D eigenvalue weighted by Gasteiger charge is -2.17. The van der Waals surface area contributed by atoms with Gasteiger partial charge in [-0.3, -0.25) is 29.3 Å². The average molecular weight is 333 g/mol. The van der Waals surface area contributed by atoms with Crippen LogP contribution in [-0.2, 0) is 14.3 Å². The molecule has 0 spiro atoms. The van der Waals surface area contributed by atoms with Crippen molar-refractivity contribution in [3.8, 4) is 0 Å². The second-order valence-electron chi connectivity index (χ2n) is 5.57. The van der Waals surface area contributed by atoms with Gasteiger partial charge in [-0.15, -0.1) is 0 Å². The topological polar surface area (TPSA) is 139 Å². The van der Waals surface area contributed by atoms with E-state index in [0.717, 1.165) is 0 Å². The highest BCUT2D eigenvalue weighted by molar-refractivity contribution is 5.91. The monoisotopic (exact) mass is 333 g/mol. The SMILES string of the molecule is CC(C)C(=O)Nc1nc2c(ncn2[C@@H]2OC(C=O)=C[C@H]2O)c(=O)[nH]1. The van der Waals surface area contributed by atoms with Gasteiger partial charge in [0.1, 0.15) is 12.4 Å². The molecule has 0 aromatic carbocycles. The van der Waals surface area contributed by atoms with Gasteiger partial charge in [-0.05, 0) is 6.08 Å². The van der Waals surface area contributed by atoms with Gasteiger partial charge in [0, 0.05) is 5.92 Å². The number of carbonyl (C=O) groups excluding carboxylic acids is 2. The van der Waals surface area contributed by atoms with Crippen molar-refractivity contribution < 1.29 is 19.4 Å². The Balaban J connectivity index is 2.02. The van der Waals surface area contributed by atoms with Crippen LogP contribution < -0.4 is 10.9 Å². The molecule has 2 atom stereocenters. The summed E-state index contributed by atoms with van der Waals surface area (Å²) in [4.78, 5) is 45.2. The molecule has 1 amide bonds. The van der Waals surface area contributed by atoms with Gasteiger partial charge < -0.3 is 9.84 Å². The van der Waals surface area contributed by atoms with Crippen LogP contribution in [0.5, 0.6) is 0 Å². The van der Waals surface area contributed by atoms with Crippen molar-refractivity contribution in [2.75, 3.05) is 5.32 Å². The summed E-state index contributed by atoms with van der Waals surface area (Å²) >= 11 is 0. The predicted octanol–water partition coefficient (Wildman–Crippen LogP) is -0.313. The lowest BCUT2D eigenvalue weighted by molar-refractivity contribution is -0.119. The van der Waals surface area contributed by atoms with E-state index in [0.29, 0.717) is 6.29 Å². The number of hydrogen-bond acceptors (Lipinski definition) is 7. The summed E-state index contributed by atoms with van der Waals surface area (Å²) in [5, 5.41) is 12.5. The van der Waals surface area contributed by atoms with Gasteiger partial charge >= 0.3 is 0 Å². The Labute approximate surface area is 135 Å². The maximum atomic E-state index is 12.1. The molecule has 1 aliphatic rings. The van der Waals surface area contributed by atoms with Gasteiger partial charge in [0.25, 0.3) is 5.56 Å². The van der Waals surface area contributed by atoms with E-state index in [1.807, 2.05) is 0 Å². The number of imidazole rings is 1. The Morgan fingerprint density at radius 2 is 2.29 bits per heavy atom. The molecule has 3 heterocycles. The number of rotatable bonds is 4. The number of anilines is 1. The van der Waals surface area contributed by atoms with Crippen molar-refractivity contribution in [2.24, 2.45) is 5.92 Å². The number of aromatic nitrogens is 4. The van der Waals surface area contributed by atoms with Crippen molar-refractivity contribution in [2.45, 2.75) is 26.2 Å². The number of hydrogen-bond donors (Lipinski definition) is 3. The third-order valence-corrected chi connectivity index (χ3v) is 3.47. The molecule has 0 radical (unpaired) electrons. The highest BCUT2D eigenvalue weighted by atomic mass is 16.5. The number of ether oxygens (including phenoxy) is 1. The molecule has 3 N–H and O–H groups in total. The maximum Gasteiger partial charge on any atom is 0.280 e. The minimum atomic E-state index is -1.10. The summed E-state index contributed by atoms with van der Waals surface area (Å²) in [6, 6.07) is 0. The lowest BCUT2D eigenvalue weighted by atomic mass is 10.2. The molecule has 0 saturated heterocycles. The molecular formula is C14H15N5O5. The van der Waals surface area contributed by atoms with Crippen LogP contribution in [0.25, 0.3) is 11.2 Å². The Kier molecular flexibility index (Phi) is 3.89. The van der Waals surface area contributed by atoms with Crippen LogP contribution in [0.2, 0.25) is 0 Å². The number of nitrogens with one attached hydrogen (secondary N) is 2. The zero-order valence-corrected chi connectivity index (χ0v) is 12.9. The van der Waals surface area contributed by atoms with Crippen LogP contribution in [0.3, 0.4) is 0 Å². The first kappa shape index (κ1) is 15.9. The number of aromatic amines is 1. The van der Waals surface area contributed by atoms with E-state index >= 15 is 0 Å². The van der Waals surface area contributed by atoms with E-state index in [2.05, 4.69) is 20.3 Å². The van der Waals surface area contributed by atoms with Crippen LogP contribution in [-0.4, -0.2) is 42.9 Å². The number of fused-ring (bicyclic) bond motifs is 1. The fraction of sp³-hybridized carbons (Fsp3) is 0.357. The van der Waals surface area contributed by atoms with Crippen LogP contribution in [0.4, 0.5) is 5.95 Å². The van der Waals surface area contributed by atoms with E-state index in [1.54, 1.807) is 13.8 Å². The average Bonchev–Trinajstić information content (AvgIpc) is 3.10. The fourth-order valence-electron chi connectivity index (χ4n) is 2.22. The molecule has 3 rings (SSSR count). The van der Waals surface area contributed by atoms with Crippen LogP contribution in [0.15, 0.2) is 23.0 Å². The maximum absolute atomic E-state index is 12.1. The molecular weight excluding hydrogens is 318 g/mol. The van der Waals surface area contributed by atoms with Gasteiger partial charge in [0.15, 0.2) is 23.2 Å². The molecule has 0 aliphatic carbocycles. The zero-order valence-electron chi connectivity index (χ0n) is 12.9. The number of allylic oxidation sites excluding steroid dienone is 1. The number of amides is 1. The molecule has 0 saturated carbocycles. The standard InChI is InChI=1S/C14H15N5O5/c1-6(2)11(22)17-14-16-10-9(12(23)18-14)15-5-19(10)13-8(21)3-7(4-20)24-13/h3-6,8,13,21H,1-2H3,(H2,16,17,18,22,23)/t8-,13-/m1/s1. The fourth-order valence-corrected chi connectivity index (χ4v) is 2.22. The van der Waals surface area contributed by atoms with Crippen molar-refractivity contribution in [1.29, 1.82) is 0 Å². The minimum absolute atomic E-state index is 0.0208. The molecule has 10 heteroatoms. The van der Waals surface area contributed by atoms with Crippen molar-refractivity contribution in [3.05, 3.63) is 28.5 Å². The quantitative estimate of drug-likeness (QED) is 0.652. The largest absolute Gasteiger partial charge is 0.464 e. The molecule has 0 bridgehead atoms. The first-order valence-corrected chi connectivity index (χ1v) is 7.20. The van der Waals surface area contributed by atoms with E-state index < -0.39 is 17.9 Å². The molecule has 126 valence electrons. The van der Waals surface area contributed by atoms with Crippen molar-refractivity contribution >= 4 is 29.3 Å². The first-order chi connectivity index (χ1) is 11.4. The van der Waals surface area contributed by atoms with Gasteiger partial charge in [-0.25, -0.2) is 4.98 Å². The zero-order chi connectivity index (χ0) is 17.4. The second-order valence-corrected chi connectivity index (χ2v) is 5.57. The Morgan fingerprint density at radius 3 is 2.92 bits per heavy atom. The molecule has 0 fully saturated rings. The Hall–Kier alpha value is -3.01. The second kappa shape index (κ2) is 5.89. The van der Waals surface area contributed by atoms with Gasteiger partial charge in [-0.2, -0.15) is 4.98 Å². The molecule has 1 aliphatic heterocycles. The summed E-state index contributed by atoms with van der Waals surface area (Å²) in [6.45, 7) is 3.40. The molecule has 2 aromatic rings. The summed E-state index contributed by atoms with van der Waals surface area (Å²) in [5.74, 6) is -0.669.